The second kappa shape index (κ2) is 6.45. The summed E-state index contributed by atoms with van der Waals surface area (Å²) in [5.41, 5.74) is 1.92. The van der Waals surface area contributed by atoms with E-state index in [1.165, 1.54) is 11.7 Å². The lowest BCUT2D eigenvalue weighted by Gasteiger charge is -2.15. The first-order chi connectivity index (χ1) is 11.6. The van der Waals surface area contributed by atoms with E-state index in [0.29, 0.717) is 22.4 Å². The van der Waals surface area contributed by atoms with Crippen molar-refractivity contribution in [1.29, 1.82) is 0 Å². The highest BCUT2D eigenvalue weighted by atomic mass is 35.5. The van der Waals surface area contributed by atoms with Gasteiger partial charge in [-0.2, -0.15) is 0 Å². The van der Waals surface area contributed by atoms with Crippen molar-refractivity contribution in [3.8, 4) is 5.69 Å². The average Bonchev–Trinajstić information content (AvgIpc) is 2.61. The summed E-state index contributed by atoms with van der Waals surface area (Å²) >= 11 is 6.03. The Bertz CT molecular complexity index is 995. The van der Waals surface area contributed by atoms with E-state index < -0.39 is 5.97 Å². The molecule has 5 nitrogen and oxygen atoms in total. The highest BCUT2D eigenvalue weighted by Gasteiger charge is 2.18. The predicted molar refractivity (Wildman–Crippen MR) is 93.0 cm³/mol. The van der Waals surface area contributed by atoms with E-state index in [4.69, 9.17) is 16.3 Å². The summed E-state index contributed by atoms with van der Waals surface area (Å²) in [7, 11) is 1.30. The van der Waals surface area contributed by atoms with Crippen LogP contribution < -0.4 is 5.56 Å². The number of para-hydroxylation sites is 2. The van der Waals surface area contributed by atoms with Gasteiger partial charge in [0, 0.05) is 0 Å². The van der Waals surface area contributed by atoms with Crippen LogP contribution in [0.1, 0.15) is 21.7 Å². The van der Waals surface area contributed by atoms with Crippen LogP contribution in [0.4, 0.5) is 0 Å². The van der Waals surface area contributed by atoms with Gasteiger partial charge in [-0.05, 0) is 30.7 Å². The Morgan fingerprint density at radius 2 is 1.96 bits per heavy atom. The van der Waals surface area contributed by atoms with Gasteiger partial charge in [-0.25, -0.2) is 9.78 Å². The SMILES string of the molecule is COC(=O)c1ccccc1-n1c(CCl)nc2c(C)cccc2c1=O. The Labute approximate surface area is 143 Å². The molecule has 0 fully saturated rings. The van der Waals surface area contributed by atoms with Crippen LogP contribution in [0.3, 0.4) is 0 Å². The van der Waals surface area contributed by atoms with E-state index in [1.807, 2.05) is 13.0 Å². The van der Waals surface area contributed by atoms with Gasteiger partial charge in [-0.15, -0.1) is 11.6 Å². The monoisotopic (exact) mass is 342 g/mol. The number of benzene rings is 2. The number of hydrogen-bond acceptors (Lipinski definition) is 4. The molecule has 0 spiro atoms. The number of esters is 1. The normalized spacial score (nSPS) is 10.8. The molecule has 6 heteroatoms. The van der Waals surface area contributed by atoms with Crippen LogP contribution in [-0.4, -0.2) is 22.6 Å². The first kappa shape index (κ1) is 16.2. The average molecular weight is 343 g/mol. The lowest BCUT2D eigenvalue weighted by atomic mass is 10.1. The van der Waals surface area contributed by atoms with Crippen LogP contribution in [0, 0.1) is 6.92 Å². The summed E-state index contributed by atoms with van der Waals surface area (Å²) < 4.78 is 6.19. The Morgan fingerprint density at radius 1 is 1.21 bits per heavy atom. The quantitative estimate of drug-likeness (QED) is 0.541. The molecule has 0 saturated heterocycles. The molecule has 0 unspecified atom stereocenters. The largest absolute Gasteiger partial charge is 0.465 e. The van der Waals surface area contributed by atoms with Crippen LogP contribution in [0.15, 0.2) is 47.3 Å². The second-order valence-corrected chi connectivity index (χ2v) is 5.55. The van der Waals surface area contributed by atoms with Gasteiger partial charge in [-0.1, -0.05) is 24.3 Å². The maximum atomic E-state index is 13.0. The van der Waals surface area contributed by atoms with Crippen molar-refractivity contribution in [2.45, 2.75) is 12.8 Å². The van der Waals surface area contributed by atoms with Crippen molar-refractivity contribution in [3.05, 3.63) is 69.8 Å². The number of hydrogen-bond donors (Lipinski definition) is 0. The molecule has 122 valence electrons. The summed E-state index contributed by atoms with van der Waals surface area (Å²) in [6, 6.07) is 12.1. The Kier molecular flexibility index (Phi) is 4.36. The molecule has 24 heavy (non-hydrogen) atoms. The maximum absolute atomic E-state index is 13.0. The molecule has 3 aromatic rings. The van der Waals surface area contributed by atoms with Gasteiger partial charge in [0.15, 0.2) is 0 Å². The molecule has 0 atom stereocenters. The standard InChI is InChI=1S/C18H15ClN2O3/c1-11-6-5-8-13-16(11)20-15(10-19)21(17(13)22)14-9-4-3-7-12(14)18(23)24-2/h3-9H,10H2,1-2H3. The first-order valence-corrected chi connectivity index (χ1v) is 7.87. The maximum Gasteiger partial charge on any atom is 0.339 e. The number of nitrogens with zero attached hydrogens (tertiary/aromatic N) is 2. The Hall–Kier alpha value is -2.66. The van der Waals surface area contributed by atoms with Crippen LogP contribution in [0.25, 0.3) is 16.6 Å². The van der Waals surface area contributed by atoms with Gasteiger partial charge >= 0.3 is 5.97 Å². The predicted octanol–water partition coefficient (Wildman–Crippen LogP) is 3.22. The molecular formula is C18H15ClN2O3. The molecule has 0 amide bonds. The summed E-state index contributed by atoms with van der Waals surface area (Å²) in [6.07, 6.45) is 0. The minimum atomic E-state index is -0.526. The summed E-state index contributed by atoms with van der Waals surface area (Å²) in [6.45, 7) is 1.89. The van der Waals surface area contributed by atoms with Crippen LogP contribution in [0.2, 0.25) is 0 Å². The summed E-state index contributed by atoms with van der Waals surface area (Å²) in [5.74, 6) is -0.114. The second-order valence-electron chi connectivity index (χ2n) is 5.28. The number of alkyl halides is 1. The number of aromatic nitrogens is 2. The molecule has 3 rings (SSSR count). The third kappa shape index (κ3) is 2.57. The smallest absolute Gasteiger partial charge is 0.339 e. The fraction of sp³-hybridized carbons (Fsp3) is 0.167. The van der Waals surface area contributed by atoms with Gasteiger partial charge in [0.2, 0.25) is 0 Å². The van der Waals surface area contributed by atoms with E-state index in [0.717, 1.165) is 5.56 Å². The highest BCUT2D eigenvalue weighted by Crippen LogP contribution is 2.20. The molecule has 2 aromatic carbocycles. The van der Waals surface area contributed by atoms with Crippen LogP contribution in [0.5, 0.6) is 0 Å². The topological polar surface area (TPSA) is 61.2 Å². The van der Waals surface area contributed by atoms with Gasteiger partial charge in [0.25, 0.3) is 5.56 Å². The third-order valence-corrected chi connectivity index (χ3v) is 4.08. The molecular weight excluding hydrogens is 328 g/mol. The minimum Gasteiger partial charge on any atom is -0.465 e. The van der Waals surface area contributed by atoms with Crippen molar-refractivity contribution in [2.75, 3.05) is 7.11 Å². The minimum absolute atomic E-state index is 0.0367. The zero-order chi connectivity index (χ0) is 17.3. The number of aryl methyl sites for hydroxylation is 1. The van der Waals surface area contributed by atoms with Crippen molar-refractivity contribution in [1.82, 2.24) is 9.55 Å². The van der Waals surface area contributed by atoms with Crippen molar-refractivity contribution in [3.63, 3.8) is 0 Å². The first-order valence-electron chi connectivity index (χ1n) is 7.33. The van der Waals surface area contributed by atoms with Gasteiger partial charge in [0.05, 0.1) is 35.1 Å². The molecule has 0 aliphatic heterocycles. The Balaban J connectivity index is 2.42. The number of halogens is 1. The molecule has 0 radical (unpaired) electrons. The summed E-state index contributed by atoms with van der Waals surface area (Å²) in [4.78, 5) is 29.6. The third-order valence-electron chi connectivity index (χ3n) is 3.84. The van der Waals surface area contributed by atoms with Crippen molar-refractivity contribution in [2.24, 2.45) is 0 Å². The van der Waals surface area contributed by atoms with Crippen molar-refractivity contribution >= 4 is 28.5 Å². The fourth-order valence-electron chi connectivity index (χ4n) is 2.69. The molecule has 0 saturated carbocycles. The lowest BCUT2D eigenvalue weighted by molar-refractivity contribution is 0.0600. The lowest BCUT2D eigenvalue weighted by Crippen LogP contribution is -2.25. The van der Waals surface area contributed by atoms with Gasteiger partial charge < -0.3 is 4.74 Å². The zero-order valence-corrected chi connectivity index (χ0v) is 14.0. The van der Waals surface area contributed by atoms with Gasteiger partial charge in [-0.3, -0.25) is 9.36 Å². The summed E-state index contributed by atoms with van der Waals surface area (Å²) in [5, 5.41) is 0.475. The highest BCUT2D eigenvalue weighted by molar-refractivity contribution is 6.16. The van der Waals surface area contributed by atoms with E-state index in [2.05, 4.69) is 4.98 Å². The number of rotatable bonds is 3. The van der Waals surface area contributed by atoms with E-state index in [9.17, 15) is 9.59 Å². The number of methoxy groups -OCH3 is 1. The molecule has 0 N–H and O–H groups in total. The van der Waals surface area contributed by atoms with Gasteiger partial charge in [0.1, 0.15) is 5.82 Å². The Morgan fingerprint density at radius 3 is 2.67 bits per heavy atom. The number of carbonyl (C=O) groups excluding carboxylic acids is 1. The van der Waals surface area contributed by atoms with Crippen LogP contribution in [-0.2, 0) is 10.6 Å². The van der Waals surface area contributed by atoms with Crippen LogP contribution >= 0.6 is 11.6 Å². The molecule has 1 heterocycles. The number of fused-ring (bicyclic) bond motifs is 1. The van der Waals surface area contributed by atoms with Crippen molar-refractivity contribution < 1.29 is 9.53 Å². The molecule has 0 aliphatic carbocycles. The molecule has 0 bridgehead atoms. The molecule has 1 aromatic heterocycles. The molecule has 0 aliphatic rings. The van der Waals surface area contributed by atoms with E-state index >= 15 is 0 Å². The zero-order valence-electron chi connectivity index (χ0n) is 13.2. The number of carbonyl (C=O) groups is 1. The fourth-order valence-corrected chi connectivity index (χ4v) is 2.87. The van der Waals surface area contributed by atoms with E-state index in [-0.39, 0.29) is 17.0 Å². The van der Waals surface area contributed by atoms with E-state index in [1.54, 1.807) is 36.4 Å². The number of ether oxygens (including phenoxy) is 1.